The number of carbonyl (C=O) groups is 1. The van der Waals surface area contributed by atoms with E-state index < -0.39 is 0 Å². The summed E-state index contributed by atoms with van der Waals surface area (Å²) >= 11 is 6.75. The van der Waals surface area contributed by atoms with Gasteiger partial charge >= 0.3 is 0 Å². The van der Waals surface area contributed by atoms with Crippen LogP contribution in [0.2, 0.25) is 0 Å². The number of hydrogen-bond acceptors (Lipinski definition) is 2. The molecule has 21 heavy (non-hydrogen) atoms. The predicted octanol–water partition coefficient (Wildman–Crippen LogP) is 4.45. The molecular weight excluding hydrogens is 398 g/mol. The number of hydrogen-bond donors (Lipinski definition) is 1. The maximum absolute atomic E-state index is 12.3. The Morgan fingerprint density at radius 1 is 1.24 bits per heavy atom. The van der Waals surface area contributed by atoms with Crippen LogP contribution < -0.4 is 10.1 Å². The Morgan fingerprint density at radius 3 is 2.48 bits per heavy atom. The minimum atomic E-state index is -0.228. The average Bonchev–Trinajstić information content (AvgIpc) is 2.47. The molecule has 0 spiro atoms. The number of terminal acetylenes is 1. The second kappa shape index (κ2) is 6.79. The van der Waals surface area contributed by atoms with Gasteiger partial charge in [0.25, 0.3) is 5.91 Å². The molecule has 0 saturated heterocycles. The van der Waals surface area contributed by atoms with Gasteiger partial charge in [-0.25, -0.2) is 0 Å². The smallest absolute Gasteiger partial charge is 0.255 e. The third-order valence-electron chi connectivity index (χ3n) is 2.75. The minimum absolute atomic E-state index is 0.228. The molecule has 1 N–H and O–H groups in total. The van der Waals surface area contributed by atoms with E-state index in [4.69, 9.17) is 11.2 Å². The van der Waals surface area contributed by atoms with Gasteiger partial charge in [0.05, 0.1) is 16.1 Å². The van der Waals surface area contributed by atoms with E-state index in [9.17, 15) is 4.79 Å². The highest BCUT2D eigenvalue weighted by molar-refractivity contribution is 9.11. The fraction of sp³-hybridized carbons (Fsp3) is 0.0625. The third-order valence-corrected chi connectivity index (χ3v) is 3.93. The maximum Gasteiger partial charge on any atom is 0.255 e. The van der Waals surface area contributed by atoms with Crippen LogP contribution in [-0.4, -0.2) is 13.0 Å². The van der Waals surface area contributed by atoms with Crippen LogP contribution >= 0.6 is 31.9 Å². The Bertz CT molecular complexity index is 712. The van der Waals surface area contributed by atoms with E-state index >= 15 is 0 Å². The first-order valence-corrected chi connectivity index (χ1v) is 7.55. The first-order valence-electron chi connectivity index (χ1n) is 5.96. The number of benzene rings is 2. The van der Waals surface area contributed by atoms with Crippen LogP contribution in [0.1, 0.15) is 15.9 Å². The molecule has 0 aliphatic carbocycles. The number of carbonyl (C=O) groups excluding carboxylic acids is 1. The van der Waals surface area contributed by atoms with Crippen LogP contribution in [-0.2, 0) is 0 Å². The van der Waals surface area contributed by atoms with Gasteiger partial charge < -0.3 is 10.1 Å². The first kappa shape index (κ1) is 15.6. The Hall–Kier alpha value is -1.77. The molecule has 0 saturated carbocycles. The van der Waals surface area contributed by atoms with Gasteiger partial charge in [0.1, 0.15) is 5.75 Å². The molecular formula is C16H11Br2NO2. The number of rotatable bonds is 3. The van der Waals surface area contributed by atoms with Crippen LogP contribution in [0.15, 0.2) is 45.3 Å². The SMILES string of the molecule is C#Cc1cccc(NC(=O)c2cc(Br)c(OC)c(Br)c2)c1. The first-order chi connectivity index (χ1) is 10.0. The summed E-state index contributed by atoms with van der Waals surface area (Å²) in [6.45, 7) is 0. The van der Waals surface area contributed by atoms with E-state index in [1.54, 1.807) is 43.5 Å². The molecule has 0 unspecified atom stereocenters. The van der Waals surface area contributed by atoms with Crippen LogP contribution in [0.25, 0.3) is 0 Å². The lowest BCUT2D eigenvalue weighted by Gasteiger charge is -2.10. The normalized spacial score (nSPS) is 9.81. The van der Waals surface area contributed by atoms with E-state index in [2.05, 4.69) is 43.1 Å². The summed E-state index contributed by atoms with van der Waals surface area (Å²) in [4.78, 5) is 12.3. The van der Waals surface area contributed by atoms with Gasteiger partial charge in [-0.1, -0.05) is 12.0 Å². The van der Waals surface area contributed by atoms with E-state index in [0.717, 1.165) is 0 Å². The number of nitrogens with one attached hydrogen (secondary N) is 1. The molecule has 3 nitrogen and oxygen atoms in total. The fourth-order valence-corrected chi connectivity index (χ4v) is 3.29. The summed E-state index contributed by atoms with van der Waals surface area (Å²) in [5.74, 6) is 2.94. The van der Waals surface area contributed by atoms with Gasteiger partial charge in [-0.05, 0) is 62.2 Å². The number of amides is 1. The molecule has 0 aromatic heterocycles. The Labute approximate surface area is 140 Å². The Balaban J connectivity index is 2.26. The van der Waals surface area contributed by atoms with Crippen molar-refractivity contribution in [2.75, 3.05) is 12.4 Å². The standard InChI is InChI=1S/C16H11Br2NO2/c1-3-10-5-4-6-12(7-10)19-16(20)11-8-13(17)15(21-2)14(18)9-11/h1,4-9H,2H3,(H,19,20). The highest BCUT2D eigenvalue weighted by Crippen LogP contribution is 2.34. The Kier molecular flexibility index (Phi) is 5.05. The molecule has 2 rings (SSSR count). The van der Waals surface area contributed by atoms with Gasteiger partial charge in [0.2, 0.25) is 0 Å². The van der Waals surface area contributed by atoms with Gasteiger partial charge in [0.15, 0.2) is 0 Å². The zero-order valence-corrected chi connectivity index (χ0v) is 14.3. The summed E-state index contributed by atoms with van der Waals surface area (Å²) in [7, 11) is 1.57. The predicted molar refractivity (Wildman–Crippen MR) is 90.7 cm³/mol. The summed E-state index contributed by atoms with van der Waals surface area (Å²) in [6, 6.07) is 10.5. The lowest BCUT2D eigenvalue weighted by atomic mass is 10.1. The zero-order chi connectivity index (χ0) is 15.4. The average molecular weight is 409 g/mol. The van der Waals surface area contributed by atoms with Crippen molar-refractivity contribution in [1.82, 2.24) is 0 Å². The molecule has 0 aliphatic rings. The molecule has 0 fully saturated rings. The minimum Gasteiger partial charge on any atom is -0.494 e. The number of halogens is 2. The molecule has 2 aromatic carbocycles. The number of anilines is 1. The molecule has 106 valence electrons. The van der Waals surface area contributed by atoms with E-state index in [1.165, 1.54) is 0 Å². The van der Waals surface area contributed by atoms with Crippen LogP contribution in [0.4, 0.5) is 5.69 Å². The largest absolute Gasteiger partial charge is 0.494 e. The van der Waals surface area contributed by atoms with Gasteiger partial charge in [-0.3, -0.25) is 4.79 Å². The molecule has 2 aromatic rings. The van der Waals surface area contributed by atoms with Crippen molar-refractivity contribution in [3.63, 3.8) is 0 Å². The highest BCUT2D eigenvalue weighted by atomic mass is 79.9. The second-order valence-corrected chi connectivity index (χ2v) is 5.86. The van der Waals surface area contributed by atoms with E-state index in [-0.39, 0.29) is 5.91 Å². The molecule has 0 bridgehead atoms. The van der Waals surface area contributed by atoms with Crippen molar-refractivity contribution in [3.05, 3.63) is 56.5 Å². The van der Waals surface area contributed by atoms with Crippen LogP contribution in [0, 0.1) is 12.3 Å². The lowest BCUT2D eigenvalue weighted by molar-refractivity contribution is 0.102. The van der Waals surface area contributed by atoms with E-state index in [0.29, 0.717) is 31.5 Å². The van der Waals surface area contributed by atoms with Gasteiger partial charge in [-0.15, -0.1) is 6.42 Å². The maximum atomic E-state index is 12.3. The summed E-state index contributed by atoms with van der Waals surface area (Å²) in [6.07, 6.45) is 5.34. The van der Waals surface area contributed by atoms with Crippen LogP contribution in [0.3, 0.4) is 0 Å². The van der Waals surface area contributed by atoms with Crippen molar-refractivity contribution in [2.24, 2.45) is 0 Å². The summed E-state index contributed by atoms with van der Waals surface area (Å²) in [5, 5.41) is 2.81. The van der Waals surface area contributed by atoms with Crippen molar-refractivity contribution in [3.8, 4) is 18.1 Å². The molecule has 1 amide bonds. The van der Waals surface area contributed by atoms with Crippen molar-refractivity contribution >= 4 is 43.5 Å². The monoisotopic (exact) mass is 407 g/mol. The van der Waals surface area contributed by atoms with Gasteiger partial charge in [0, 0.05) is 16.8 Å². The van der Waals surface area contributed by atoms with E-state index in [1.807, 2.05) is 0 Å². The number of ether oxygens (including phenoxy) is 1. The van der Waals surface area contributed by atoms with Crippen LogP contribution in [0.5, 0.6) is 5.75 Å². The van der Waals surface area contributed by atoms with Gasteiger partial charge in [-0.2, -0.15) is 0 Å². The fourth-order valence-electron chi connectivity index (χ4n) is 1.78. The lowest BCUT2D eigenvalue weighted by Crippen LogP contribution is -2.12. The van der Waals surface area contributed by atoms with Crippen molar-refractivity contribution < 1.29 is 9.53 Å². The molecule has 0 radical (unpaired) electrons. The summed E-state index contributed by atoms with van der Waals surface area (Å²) < 4.78 is 6.60. The molecule has 0 heterocycles. The topological polar surface area (TPSA) is 38.3 Å². The number of methoxy groups -OCH3 is 1. The second-order valence-electron chi connectivity index (χ2n) is 4.15. The van der Waals surface area contributed by atoms with Crippen molar-refractivity contribution in [1.29, 1.82) is 0 Å². The Morgan fingerprint density at radius 2 is 1.90 bits per heavy atom. The third kappa shape index (κ3) is 3.66. The highest BCUT2D eigenvalue weighted by Gasteiger charge is 2.13. The zero-order valence-electron chi connectivity index (χ0n) is 11.1. The summed E-state index contributed by atoms with van der Waals surface area (Å²) in [5.41, 5.74) is 1.86. The molecule has 0 atom stereocenters. The molecule has 5 heteroatoms. The van der Waals surface area contributed by atoms with Crippen molar-refractivity contribution in [2.45, 2.75) is 0 Å². The molecule has 0 aliphatic heterocycles. The quantitative estimate of drug-likeness (QED) is 0.761.